The molecule has 0 spiro atoms. The Morgan fingerprint density at radius 3 is 2.56 bits per heavy atom. The third-order valence-corrected chi connectivity index (χ3v) is 6.29. The van der Waals surface area contributed by atoms with Gasteiger partial charge in [-0.15, -0.1) is 4.73 Å². The van der Waals surface area contributed by atoms with Crippen molar-refractivity contribution in [1.82, 2.24) is 14.6 Å². The van der Waals surface area contributed by atoms with Gasteiger partial charge < -0.3 is 15.1 Å². The van der Waals surface area contributed by atoms with Crippen LogP contribution in [0.3, 0.4) is 0 Å². The van der Waals surface area contributed by atoms with Gasteiger partial charge in [0, 0.05) is 30.1 Å². The van der Waals surface area contributed by atoms with Crippen molar-refractivity contribution < 1.29 is 22.8 Å². The molecular weight excluding hydrogens is 497 g/mol. The van der Waals surface area contributed by atoms with E-state index in [2.05, 4.69) is 10.3 Å². The van der Waals surface area contributed by atoms with Crippen molar-refractivity contribution in [3.05, 3.63) is 91.4 Å². The van der Waals surface area contributed by atoms with Crippen LogP contribution in [-0.2, 0) is 25.6 Å². The number of hydrogen-bond acceptors (Lipinski definition) is 5. The first-order valence-electron chi connectivity index (χ1n) is 11.2. The van der Waals surface area contributed by atoms with E-state index in [1.54, 1.807) is 30.0 Å². The third-order valence-electron chi connectivity index (χ3n) is 6.06. The second-order valence-electron chi connectivity index (χ2n) is 8.45. The molecule has 1 N–H and O–H groups in total. The number of aryl methyl sites for hydroxylation is 1. The van der Waals surface area contributed by atoms with E-state index >= 15 is 0 Å². The number of nitrogens with zero attached hydrogens (tertiary/aromatic N) is 3. The zero-order valence-corrected chi connectivity index (χ0v) is 20.4. The molecule has 2 aromatic carbocycles. The van der Waals surface area contributed by atoms with Crippen LogP contribution in [0, 0.1) is 6.92 Å². The minimum absolute atomic E-state index is 0.0945. The number of rotatable bonds is 6. The number of anilines is 1. The number of fused-ring (bicyclic) bond motifs is 1. The number of carbonyl (C=O) groups excluding carboxylic acids is 1. The molecule has 3 aromatic rings. The molecular formula is C25H24ClF3N4O3. The number of carbonyl (C=O) groups is 1. The van der Waals surface area contributed by atoms with Gasteiger partial charge in [-0.1, -0.05) is 23.7 Å². The third kappa shape index (κ3) is 5.33. The van der Waals surface area contributed by atoms with Crippen LogP contribution >= 0.6 is 11.6 Å². The van der Waals surface area contributed by atoms with Gasteiger partial charge in [0.15, 0.2) is 0 Å². The lowest BCUT2D eigenvalue weighted by Gasteiger charge is -2.29. The summed E-state index contributed by atoms with van der Waals surface area (Å²) in [6, 6.07) is 9.96. The Bertz CT molecular complexity index is 1340. The van der Waals surface area contributed by atoms with Crippen LogP contribution in [0.2, 0.25) is 5.02 Å². The number of hydrogen-bond donors (Lipinski definition) is 1. The molecule has 0 unspecified atom stereocenters. The summed E-state index contributed by atoms with van der Waals surface area (Å²) in [5, 5.41) is 3.57. The molecule has 1 aromatic heterocycles. The van der Waals surface area contributed by atoms with E-state index in [4.69, 9.17) is 16.4 Å². The molecule has 0 fully saturated rings. The first-order valence-corrected chi connectivity index (χ1v) is 11.6. The van der Waals surface area contributed by atoms with Gasteiger partial charge in [0.05, 0.1) is 23.4 Å². The maximum atomic E-state index is 13.1. The van der Waals surface area contributed by atoms with E-state index in [9.17, 15) is 22.8 Å². The van der Waals surface area contributed by atoms with Crippen molar-refractivity contribution in [2.75, 3.05) is 25.5 Å². The van der Waals surface area contributed by atoms with Crippen molar-refractivity contribution in [2.45, 2.75) is 32.5 Å². The molecule has 0 saturated heterocycles. The number of halogens is 4. The molecule has 0 aliphatic carbocycles. The quantitative estimate of drug-likeness (QED) is 0.529. The first-order chi connectivity index (χ1) is 17.1. The summed E-state index contributed by atoms with van der Waals surface area (Å²) < 4.78 is 39.3. The van der Waals surface area contributed by atoms with Crippen molar-refractivity contribution in [3.63, 3.8) is 0 Å². The molecule has 1 aliphatic heterocycles. The number of nitrogens with one attached hydrogen (secondary N) is 1. The Hall–Kier alpha value is -3.53. The Balaban J connectivity index is 1.48. The molecule has 4 rings (SSSR count). The fourth-order valence-electron chi connectivity index (χ4n) is 4.13. The van der Waals surface area contributed by atoms with Gasteiger partial charge >= 0.3 is 6.18 Å². The topological polar surface area (TPSA) is 76.5 Å². The van der Waals surface area contributed by atoms with Crippen LogP contribution in [0.15, 0.2) is 47.3 Å². The summed E-state index contributed by atoms with van der Waals surface area (Å²) in [7, 11) is 1.33. The normalized spacial score (nSPS) is 13.3. The fraction of sp³-hybridized carbons (Fsp3) is 0.320. The number of amides is 1. The van der Waals surface area contributed by atoms with Crippen molar-refractivity contribution in [1.29, 1.82) is 0 Å². The van der Waals surface area contributed by atoms with Crippen LogP contribution in [0.5, 0.6) is 0 Å². The number of aromatic nitrogens is 2. The highest BCUT2D eigenvalue weighted by Gasteiger charge is 2.30. The second kappa shape index (κ2) is 10.2. The molecule has 0 radical (unpaired) electrons. The van der Waals surface area contributed by atoms with E-state index in [1.807, 2.05) is 0 Å². The van der Waals surface area contributed by atoms with E-state index in [0.717, 1.165) is 22.4 Å². The van der Waals surface area contributed by atoms with Gasteiger partial charge in [-0.3, -0.25) is 9.59 Å². The summed E-state index contributed by atoms with van der Waals surface area (Å²) in [6.45, 7) is 2.61. The standard InChI is InChI=1S/C25H24ClF3N4O3/c1-15-13-18(26)7-8-19(15)22(34)32-12-10-21-20(14-32)23(35)33(36-2)24(31-21)30-11-9-16-3-5-17(6-4-16)25(27,28)29/h3-8,13H,9-12,14H2,1-2H3,(H,30,31). The van der Waals surface area contributed by atoms with Crippen LogP contribution in [0.1, 0.15) is 38.3 Å². The highest BCUT2D eigenvalue weighted by Crippen LogP contribution is 2.29. The summed E-state index contributed by atoms with van der Waals surface area (Å²) in [4.78, 5) is 37.6. The average Bonchev–Trinajstić information content (AvgIpc) is 2.83. The molecule has 2 heterocycles. The summed E-state index contributed by atoms with van der Waals surface area (Å²) >= 11 is 6.00. The molecule has 1 amide bonds. The van der Waals surface area contributed by atoms with Crippen molar-refractivity contribution in [2.24, 2.45) is 0 Å². The summed E-state index contributed by atoms with van der Waals surface area (Å²) in [5.41, 5.74) is 1.78. The van der Waals surface area contributed by atoms with Gasteiger partial charge in [-0.05, 0) is 54.8 Å². The monoisotopic (exact) mass is 520 g/mol. The molecule has 36 heavy (non-hydrogen) atoms. The molecule has 0 bridgehead atoms. The molecule has 0 atom stereocenters. The van der Waals surface area contributed by atoms with E-state index in [-0.39, 0.29) is 18.4 Å². The van der Waals surface area contributed by atoms with Gasteiger partial charge in [0.1, 0.15) is 7.11 Å². The molecule has 11 heteroatoms. The maximum absolute atomic E-state index is 13.1. The van der Waals surface area contributed by atoms with Crippen molar-refractivity contribution >= 4 is 23.5 Å². The predicted molar refractivity (Wildman–Crippen MR) is 129 cm³/mol. The van der Waals surface area contributed by atoms with Crippen LogP contribution in [0.25, 0.3) is 0 Å². The van der Waals surface area contributed by atoms with Gasteiger partial charge in [-0.2, -0.15) is 13.2 Å². The molecule has 190 valence electrons. The zero-order chi connectivity index (χ0) is 26.0. The van der Waals surface area contributed by atoms with Gasteiger partial charge in [0.25, 0.3) is 11.5 Å². The molecule has 0 saturated carbocycles. The Labute approximate surface area is 210 Å². The minimum atomic E-state index is -4.38. The number of alkyl halides is 3. The van der Waals surface area contributed by atoms with Crippen LogP contribution in [0.4, 0.5) is 19.1 Å². The lowest BCUT2D eigenvalue weighted by molar-refractivity contribution is -0.137. The van der Waals surface area contributed by atoms with E-state index in [1.165, 1.54) is 19.2 Å². The minimum Gasteiger partial charge on any atom is -0.411 e. The Morgan fingerprint density at radius 2 is 1.92 bits per heavy atom. The van der Waals surface area contributed by atoms with Crippen LogP contribution in [-0.4, -0.2) is 40.7 Å². The number of benzene rings is 2. The van der Waals surface area contributed by atoms with E-state index in [0.29, 0.717) is 53.3 Å². The highest BCUT2D eigenvalue weighted by molar-refractivity contribution is 6.30. The molecule has 7 nitrogen and oxygen atoms in total. The highest BCUT2D eigenvalue weighted by atomic mass is 35.5. The second-order valence-corrected chi connectivity index (χ2v) is 8.89. The summed E-state index contributed by atoms with van der Waals surface area (Å²) in [5.74, 6) is -0.00147. The lowest BCUT2D eigenvalue weighted by Crippen LogP contribution is -2.42. The largest absolute Gasteiger partial charge is 0.416 e. The lowest BCUT2D eigenvalue weighted by atomic mass is 10.0. The summed E-state index contributed by atoms with van der Waals surface area (Å²) in [6.07, 6.45) is -3.58. The first kappa shape index (κ1) is 25.6. The van der Waals surface area contributed by atoms with Gasteiger partial charge in [-0.25, -0.2) is 4.98 Å². The molecule has 1 aliphatic rings. The van der Waals surface area contributed by atoms with Crippen LogP contribution < -0.4 is 15.7 Å². The van der Waals surface area contributed by atoms with Crippen molar-refractivity contribution in [3.8, 4) is 0 Å². The van der Waals surface area contributed by atoms with Gasteiger partial charge in [0.2, 0.25) is 5.95 Å². The zero-order valence-electron chi connectivity index (χ0n) is 19.7. The SMILES string of the molecule is COn1c(NCCc2ccc(C(F)(F)F)cc2)nc2c(c1=O)CN(C(=O)c1ccc(Cl)cc1C)CC2. The fourth-order valence-corrected chi connectivity index (χ4v) is 4.36. The maximum Gasteiger partial charge on any atom is 0.416 e. The smallest absolute Gasteiger partial charge is 0.411 e. The average molecular weight is 521 g/mol. The van der Waals surface area contributed by atoms with E-state index < -0.39 is 17.3 Å². The Morgan fingerprint density at radius 1 is 1.19 bits per heavy atom. The predicted octanol–water partition coefficient (Wildman–Crippen LogP) is 4.14. The Kier molecular flexibility index (Phi) is 7.26.